The Hall–Kier alpha value is -4.63. The highest BCUT2D eigenvalue weighted by Gasteiger charge is 2.21. The number of hydrogen-bond acceptors (Lipinski definition) is 8. The first-order valence-corrected chi connectivity index (χ1v) is 22.0. The van der Waals surface area contributed by atoms with Crippen LogP contribution < -0.4 is 37.9 Å². The molecule has 0 heterocycles. The molecule has 324 valence electrons. The van der Waals surface area contributed by atoms with E-state index in [1.165, 1.54) is 0 Å². The predicted molar refractivity (Wildman–Crippen MR) is 246 cm³/mol. The molecule has 0 aliphatic heterocycles. The molecule has 8 nitrogen and oxygen atoms in total. The maximum Gasteiger partial charge on any atom is 0.211 e. The van der Waals surface area contributed by atoms with Crippen LogP contribution in [0.25, 0.3) is 0 Å². The van der Waals surface area contributed by atoms with Gasteiger partial charge in [0.15, 0.2) is 23.0 Å². The number of allylic oxidation sites excluding steroid dienone is 3. The van der Waals surface area contributed by atoms with E-state index in [1.54, 1.807) is 24.3 Å². The van der Waals surface area contributed by atoms with E-state index < -0.39 is 0 Å². The minimum absolute atomic E-state index is 0.205. The van der Waals surface area contributed by atoms with E-state index in [1.807, 2.05) is 62.4 Å². The predicted octanol–water partition coefficient (Wildman–Crippen LogP) is 14.7. The highest BCUT2D eigenvalue weighted by atomic mass is 35.5. The number of halogens is 3. The average molecular weight is 882 g/mol. The van der Waals surface area contributed by atoms with E-state index in [2.05, 4.69) is 33.9 Å². The minimum Gasteiger partial charge on any atom is -0.493 e. The molecular weight excluding hydrogens is 823 g/mol. The average Bonchev–Trinajstić information content (AvgIpc) is 3.23. The van der Waals surface area contributed by atoms with Gasteiger partial charge in [0.1, 0.15) is 35.4 Å². The van der Waals surface area contributed by atoms with E-state index in [-0.39, 0.29) is 6.61 Å². The Bertz CT molecular complexity index is 2000. The highest BCUT2D eigenvalue weighted by molar-refractivity contribution is 6.32. The Kier molecular flexibility index (Phi) is 20.7. The summed E-state index contributed by atoms with van der Waals surface area (Å²) in [6.45, 7) is 20.9. The molecule has 0 aromatic heterocycles. The van der Waals surface area contributed by atoms with Crippen molar-refractivity contribution in [2.75, 3.05) is 39.6 Å². The van der Waals surface area contributed by atoms with Crippen molar-refractivity contribution in [1.29, 1.82) is 0 Å². The summed E-state index contributed by atoms with van der Waals surface area (Å²) in [4.78, 5) is 0. The van der Waals surface area contributed by atoms with Crippen molar-refractivity contribution in [2.45, 2.75) is 86.0 Å². The third-order valence-corrected chi connectivity index (χ3v) is 9.48. The molecule has 0 amide bonds. The molecule has 0 bridgehead atoms. The van der Waals surface area contributed by atoms with Crippen LogP contribution in [0.2, 0.25) is 10.0 Å². The molecule has 0 aliphatic carbocycles. The molecule has 4 aromatic carbocycles. The van der Waals surface area contributed by atoms with Crippen molar-refractivity contribution in [3.8, 4) is 57.5 Å². The standard InChI is InChI=1S/C49H59Cl3O8/c1-8-15-35-30-44(41(52)33-43(35)55-21-11-4)60-49-45(56-22-12-5)27-34(28-46(49)57-23-13-6)26-37(50)19-25-54-38-17-18-42(40(51)31-38)59-48-36(16-9-2)29-39(53-20-10-3)32-47(48)58-24-14-7/h8-9,17-19,27-33H,1-2,10-16,20-26H2,3-7H3/b37-19+. The van der Waals surface area contributed by atoms with Crippen LogP contribution in [0.1, 0.15) is 83.4 Å². The van der Waals surface area contributed by atoms with Crippen LogP contribution in [0, 0.1) is 0 Å². The molecule has 0 atom stereocenters. The fourth-order valence-corrected chi connectivity index (χ4v) is 6.45. The molecular formula is C49H59Cl3O8. The third kappa shape index (κ3) is 14.5. The lowest BCUT2D eigenvalue weighted by atomic mass is 10.1. The van der Waals surface area contributed by atoms with Crippen LogP contribution in [-0.2, 0) is 19.3 Å². The SMILES string of the molecule is C=CCc1cc(Oc2c(OCCC)cc(C/C(Cl)=C\COc3ccc(Oc4c(CC=C)cc(OCCC)cc4OCCC)c(Cl)c3)cc2OCCC)c(Cl)cc1OCCC. The van der Waals surface area contributed by atoms with Crippen LogP contribution in [-0.4, -0.2) is 39.6 Å². The molecule has 4 aromatic rings. The second kappa shape index (κ2) is 25.9. The summed E-state index contributed by atoms with van der Waals surface area (Å²) in [5.74, 6) is 5.51. The summed E-state index contributed by atoms with van der Waals surface area (Å²) in [5.41, 5.74) is 2.66. The Morgan fingerprint density at radius 3 is 1.63 bits per heavy atom. The lowest BCUT2D eigenvalue weighted by Gasteiger charge is -2.20. The van der Waals surface area contributed by atoms with Crippen LogP contribution in [0.5, 0.6) is 57.5 Å². The Morgan fingerprint density at radius 1 is 0.517 bits per heavy atom. The van der Waals surface area contributed by atoms with Gasteiger partial charge in [-0.1, -0.05) is 81.6 Å². The van der Waals surface area contributed by atoms with Gasteiger partial charge in [-0.05, 0) is 93.0 Å². The van der Waals surface area contributed by atoms with Crippen molar-refractivity contribution < 1.29 is 37.9 Å². The molecule has 0 N–H and O–H groups in total. The normalized spacial score (nSPS) is 11.2. The molecule has 0 aliphatic rings. The van der Waals surface area contributed by atoms with Crippen LogP contribution >= 0.6 is 34.8 Å². The first-order valence-electron chi connectivity index (χ1n) is 20.8. The maximum absolute atomic E-state index is 6.82. The molecule has 60 heavy (non-hydrogen) atoms. The first kappa shape index (κ1) is 48.0. The maximum atomic E-state index is 6.82. The molecule has 0 fully saturated rings. The summed E-state index contributed by atoms with van der Waals surface area (Å²) in [7, 11) is 0. The Morgan fingerprint density at radius 2 is 1.05 bits per heavy atom. The summed E-state index contributed by atoms with van der Waals surface area (Å²) in [6, 6.07) is 16.6. The summed E-state index contributed by atoms with van der Waals surface area (Å²) < 4.78 is 49.4. The highest BCUT2D eigenvalue weighted by Crippen LogP contribution is 2.46. The molecule has 0 radical (unpaired) electrons. The van der Waals surface area contributed by atoms with Crippen LogP contribution in [0.3, 0.4) is 0 Å². The van der Waals surface area contributed by atoms with Gasteiger partial charge < -0.3 is 37.9 Å². The van der Waals surface area contributed by atoms with E-state index in [0.29, 0.717) is 125 Å². The van der Waals surface area contributed by atoms with Crippen LogP contribution in [0.15, 0.2) is 91.0 Å². The van der Waals surface area contributed by atoms with Crippen molar-refractivity contribution in [1.82, 2.24) is 0 Å². The number of hydrogen-bond donors (Lipinski definition) is 0. The zero-order valence-electron chi connectivity index (χ0n) is 35.6. The van der Waals surface area contributed by atoms with Gasteiger partial charge in [-0.3, -0.25) is 0 Å². The zero-order valence-corrected chi connectivity index (χ0v) is 37.9. The molecule has 0 spiro atoms. The topological polar surface area (TPSA) is 73.8 Å². The first-order chi connectivity index (χ1) is 29.2. The van der Waals surface area contributed by atoms with Gasteiger partial charge in [0.05, 0.1) is 43.1 Å². The monoisotopic (exact) mass is 880 g/mol. The van der Waals surface area contributed by atoms with Gasteiger partial charge in [-0.25, -0.2) is 0 Å². The lowest BCUT2D eigenvalue weighted by molar-refractivity contribution is 0.276. The van der Waals surface area contributed by atoms with Gasteiger partial charge in [0, 0.05) is 40.8 Å². The third-order valence-electron chi connectivity index (χ3n) is 8.60. The Labute approximate surface area is 371 Å². The summed E-state index contributed by atoms with van der Waals surface area (Å²) >= 11 is 20.3. The molecule has 0 unspecified atom stereocenters. The minimum atomic E-state index is 0.205. The van der Waals surface area contributed by atoms with E-state index in [9.17, 15) is 0 Å². The quantitative estimate of drug-likeness (QED) is 0.0522. The fourth-order valence-electron chi connectivity index (χ4n) is 5.84. The lowest BCUT2D eigenvalue weighted by Crippen LogP contribution is -2.04. The summed E-state index contributed by atoms with van der Waals surface area (Å²) in [6.07, 6.45) is 11.2. The summed E-state index contributed by atoms with van der Waals surface area (Å²) in [5, 5.41) is 1.35. The molecule has 11 heteroatoms. The van der Waals surface area contributed by atoms with E-state index in [0.717, 1.165) is 48.8 Å². The Balaban J connectivity index is 1.53. The molecule has 4 rings (SSSR count). The molecule has 0 saturated carbocycles. The number of rotatable bonds is 28. The second-order valence-electron chi connectivity index (χ2n) is 13.9. The van der Waals surface area contributed by atoms with Crippen molar-refractivity contribution in [3.63, 3.8) is 0 Å². The zero-order chi connectivity index (χ0) is 43.3. The smallest absolute Gasteiger partial charge is 0.211 e. The van der Waals surface area contributed by atoms with Crippen molar-refractivity contribution in [3.05, 3.63) is 118 Å². The van der Waals surface area contributed by atoms with Gasteiger partial charge in [0.25, 0.3) is 0 Å². The van der Waals surface area contributed by atoms with Gasteiger partial charge in [-0.2, -0.15) is 0 Å². The van der Waals surface area contributed by atoms with Crippen molar-refractivity contribution in [2.24, 2.45) is 0 Å². The fraction of sp³-hybridized carbons (Fsp3) is 0.388. The van der Waals surface area contributed by atoms with E-state index in [4.69, 9.17) is 72.7 Å². The van der Waals surface area contributed by atoms with Gasteiger partial charge >= 0.3 is 0 Å². The second-order valence-corrected chi connectivity index (χ2v) is 15.2. The van der Waals surface area contributed by atoms with Crippen LogP contribution in [0.4, 0.5) is 0 Å². The number of ether oxygens (including phenoxy) is 8. The van der Waals surface area contributed by atoms with Gasteiger partial charge in [0.2, 0.25) is 5.75 Å². The number of benzene rings is 4. The van der Waals surface area contributed by atoms with E-state index >= 15 is 0 Å². The van der Waals surface area contributed by atoms with Crippen molar-refractivity contribution >= 4 is 34.8 Å². The largest absolute Gasteiger partial charge is 0.493 e. The molecule has 0 saturated heterocycles. The van der Waals surface area contributed by atoms with Gasteiger partial charge in [-0.15, -0.1) is 13.2 Å².